The molecule has 0 radical (unpaired) electrons. The average Bonchev–Trinajstić information content (AvgIpc) is 3.10. The summed E-state index contributed by atoms with van der Waals surface area (Å²) in [7, 11) is 0. The van der Waals surface area contributed by atoms with Gasteiger partial charge in [-0.1, -0.05) is 53.0 Å². The predicted molar refractivity (Wildman–Crippen MR) is 94.3 cm³/mol. The van der Waals surface area contributed by atoms with Crippen LogP contribution in [0.25, 0.3) is 0 Å². The average molecular weight is 371 g/mol. The maximum atomic E-state index is 4.78. The summed E-state index contributed by atoms with van der Waals surface area (Å²) < 4.78 is 1.25. The van der Waals surface area contributed by atoms with Gasteiger partial charge in [0.05, 0.1) is 5.92 Å². The fourth-order valence-corrected chi connectivity index (χ4v) is 4.75. The lowest BCUT2D eigenvalue weighted by molar-refractivity contribution is 0.740. The van der Waals surface area contributed by atoms with Gasteiger partial charge in [0, 0.05) is 5.25 Å². The van der Waals surface area contributed by atoms with Crippen molar-refractivity contribution >= 4 is 60.6 Å². The molecule has 21 heavy (non-hydrogen) atoms. The summed E-state index contributed by atoms with van der Waals surface area (Å²) in [5.41, 5.74) is 1.10. The third-order valence-electron chi connectivity index (χ3n) is 2.85. The van der Waals surface area contributed by atoms with Gasteiger partial charge in [-0.15, -0.1) is 45.7 Å². The molecule has 9 heteroatoms. The van der Waals surface area contributed by atoms with E-state index in [0.29, 0.717) is 8.68 Å². The zero-order chi connectivity index (χ0) is 14.8. The molecule has 3 rings (SSSR count). The van der Waals surface area contributed by atoms with Gasteiger partial charge < -0.3 is 0 Å². The summed E-state index contributed by atoms with van der Waals surface area (Å²) in [4.78, 5) is 0. The first-order valence-electron chi connectivity index (χ1n) is 5.93. The summed E-state index contributed by atoms with van der Waals surface area (Å²) in [5, 5.41) is 17.9. The molecule has 2 aromatic heterocycles. The van der Waals surface area contributed by atoms with Crippen LogP contribution in [0.15, 0.2) is 39.0 Å². The van der Waals surface area contributed by atoms with Crippen molar-refractivity contribution in [1.82, 2.24) is 20.4 Å². The molecule has 108 valence electrons. The smallest absolute Gasteiger partial charge is 0.170 e. The largest absolute Gasteiger partial charge is 0.171 e. The molecular formula is C12H10N4S5. The second-order valence-corrected chi connectivity index (χ2v) is 8.21. The van der Waals surface area contributed by atoms with E-state index in [1.807, 2.05) is 30.3 Å². The van der Waals surface area contributed by atoms with Crippen LogP contribution < -0.4 is 0 Å². The third-order valence-corrected chi connectivity index (χ3v) is 5.79. The van der Waals surface area contributed by atoms with Gasteiger partial charge in [-0.2, -0.15) is 12.6 Å². The highest BCUT2D eigenvalue weighted by Gasteiger charge is 2.30. The SMILES string of the molecule is Sc1nnc(C(c2nnc(S)s2)C(S)c2ccccc2)s1. The van der Waals surface area contributed by atoms with Crippen molar-refractivity contribution in [2.45, 2.75) is 19.8 Å². The Morgan fingerprint density at radius 3 is 1.76 bits per heavy atom. The van der Waals surface area contributed by atoms with Crippen LogP contribution in [0.5, 0.6) is 0 Å². The molecule has 0 bridgehead atoms. The molecule has 2 heterocycles. The standard InChI is InChI=1S/C12H10N4S5/c17-8(6-4-2-1-3-5-6)7(9-13-15-11(18)20-9)10-14-16-12(19)21-10/h1-5,7-8,17H,(H,15,18)(H,16,19). The fraction of sp³-hybridized carbons (Fsp3) is 0.167. The number of aromatic nitrogens is 4. The first-order chi connectivity index (χ1) is 10.1. The second-order valence-electron chi connectivity index (χ2n) is 4.18. The molecule has 0 amide bonds. The van der Waals surface area contributed by atoms with Crippen LogP contribution in [0.1, 0.15) is 26.7 Å². The fourth-order valence-electron chi connectivity index (χ4n) is 1.92. The number of hydrogen-bond acceptors (Lipinski definition) is 9. The maximum Gasteiger partial charge on any atom is 0.171 e. The topological polar surface area (TPSA) is 51.6 Å². The Morgan fingerprint density at radius 1 is 0.810 bits per heavy atom. The highest BCUT2D eigenvalue weighted by Crippen LogP contribution is 2.43. The van der Waals surface area contributed by atoms with E-state index < -0.39 is 0 Å². The van der Waals surface area contributed by atoms with Gasteiger partial charge in [0.25, 0.3) is 0 Å². The number of hydrogen-bond donors (Lipinski definition) is 3. The van der Waals surface area contributed by atoms with Crippen LogP contribution in [0.4, 0.5) is 0 Å². The minimum atomic E-state index is -0.118. The number of nitrogens with zero attached hydrogens (tertiary/aromatic N) is 4. The van der Waals surface area contributed by atoms with Gasteiger partial charge in [0.15, 0.2) is 8.68 Å². The molecule has 0 fully saturated rings. The van der Waals surface area contributed by atoms with Crippen molar-refractivity contribution in [2.24, 2.45) is 0 Å². The van der Waals surface area contributed by atoms with E-state index in [1.54, 1.807) is 0 Å². The van der Waals surface area contributed by atoms with Crippen molar-refractivity contribution in [3.05, 3.63) is 45.9 Å². The number of rotatable bonds is 4. The molecule has 1 aromatic carbocycles. The molecular weight excluding hydrogens is 360 g/mol. The van der Waals surface area contributed by atoms with E-state index in [9.17, 15) is 0 Å². The molecule has 1 unspecified atom stereocenters. The van der Waals surface area contributed by atoms with Crippen molar-refractivity contribution in [3.8, 4) is 0 Å². The van der Waals surface area contributed by atoms with Crippen LogP contribution in [-0.2, 0) is 0 Å². The zero-order valence-corrected chi connectivity index (χ0v) is 14.8. The van der Waals surface area contributed by atoms with Crippen LogP contribution in [-0.4, -0.2) is 20.4 Å². The summed E-state index contributed by atoms with van der Waals surface area (Å²) in [5.74, 6) is -0.118. The highest BCUT2D eigenvalue weighted by atomic mass is 32.2. The van der Waals surface area contributed by atoms with Crippen LogP contribution in [0.3, 0.4) is 0 Å². The molecule has 0 saturated carbocycles. The normalized spacial score (nSPS) is 12.8. The lowest BCUT2D eigenvalue weighted by Gasteiger charge is -2.18. The Morgan fingerprint density at radius 2 is 1.33 bits per heavy atom. The van der Waals surface area contributed by atoms with E-state index in [0.717, 1.165) is 15.6 Å². The van der Waals surface area contributed by atoms with Crippen molar-refractivity contribution in [3.63, 3.8) is 0 Å². The molecule has 0 spiro atoms. The summed E-state index contributed by atoms with van der Waals surface area (Å²) in [6.07, 6.45) is 0. The monoisotopic (exact) mass is 370 g/mol. The van der Waals surface area contributed by atoms with E-state index >= 15 is 0 Å². The highest BCUT2D eigenvalue weighted by molar-refractivity contribution is 7.83. The maximum absolute atomic E-state index is 4.78. The van der Waals surface area contributed by atoms with E-state index in [2.05, 4.69) is 45.7 Å². The van der Waals surface area contributed by atoms with Gasteiger partial charge in [-0.25, -0.2) is 0 Å². The van der Waals surface area contributed by atoms with Crippen molar-refractivity contribution < 1.29 is 0 Å². The zero-order valence-electron chi connectivity index (χ0n) is 10.5. The summed E-state index contributed by atoms with van der Waals surface area (Å²) >= 11 is 16.1. The molecule has 0 aliphatic rings. The number of thiol groups is 3. The quantitative estimate of drug-likeness (QED) is 0.612. The molecule has 4 nitrogen and oxygen atoms in total. The van der Waals surface area contributed by atoms with Gasteiger partial charge in [0.1, 0.15) is 10.0 Å². The first kappa shape index (κ1) is 15.3. The Kier molecular flexibility index (Phi) is 4.85. The Bertz CT molecular complexity index is 686. The molecule has 0 N–H and O–H groups in total. The molecule has 0 saturated heterocycles. The lowest BCUT2D eigenvalue weighted by atomic mass is 10.00. The first-order valence-corrected chi connectivity index (χ1v) is 8.97. The van der Waals surface area contributed by atoms with Crippen LogP contribution in [0.2, 0.25) is 0 Å². The van der Waals surface area contributed by atoms with Crippen LogP contribution in [0, 0.1) is 0 Å². The Labute approximate surface area is 146 Å². The van der Waals surface area contributed by atoms with E-state index in [1.165, 1.54) is 22.7 Å². The molecule has 1 atom stereocenters. The number of benzene rings is 1. The molecule has 0 aliphatic heterocycles. The third kappa shape index (κ3) is 3.42. The minimum Gasteiger partial charge on any atom is -0.170 e. The van der Waals surface area contributed by atoms with Gasteiger partial charge in [-0.3, -0.25) is 0 Å². The Balaban J connectivity index is 2.04. The van der Waals surface area contributed by atoms with Crippen molar-refractivity contribution in [2.75, 3.05) is 0 Å². The predicted octanol–water partition coefficient (Wildman–Crippen LogP) is 3.77. The van der Waals surface area contributed by atoms with Crippen molar-refractivity contribution in [1.29, 1.82) is 0 Å². The van der Waals surface area contributed by atoms with E-state index in [4.69, 9.17) is 12.6 Å². The van der Waals surface area contributed by atoms with Gasteiger partial charge in [-0.05, 0) is 5.56 Å². The molecule has 3 aromatic rings. The Hall–Kier alpha value is -0.610. The van der Waals surface area contributed by atoms with Gasteiger partial charge >= 0.3 is 0 Å². The summed E-state index contributed by atoms with van der Waals surface area (Å²) in [6, 6.07) is 10.0. The lowest BCUT2D eigenvalue weighted by Crippen LogP contribution is -2.08. The minimum absolute atomic E-state index is 0.0902. The van der Waals surface area contributed by atoms with Crippen LogP contribution >= 0.6 is 60.6 Å². The molecule has 0 aliphatic carbocycles. The summed E-state index contributed by atoms with van der Waals surface area (Å²) in [6.45, 7) is 0. The van der Waals surface area contributed by atoms with Gasteiger partial charge in [0.2, 0.25) is 0 Å². The second kappa shape index (κ2) is 6.66. The van der Waals surface area contributed by atoms with E-state index in [-0.39, 0.29) is 11.2 Å².